The number of alkyl halides is 3. The highest BCUT2D eigenvalue weighted by Gasteiger charge is 2.30. The van der Waals surface area contributed by atoms with Crippen LogP contribution in [0.4, 0.5) is 18.9 Å². The van der Waals surface area contributed by atoms with Gasteiger partial charge >= 0.3 is 6.18 Å². The minimum Gasteiger partial charge on any atom is -0.265 e. The summed E-state index contributed by atoms with van der Waals surface area (Å²) in [5.74, 6) is 0. The van der Waals surface area contributed by atoms with Gasteiger partial charge in [-0.05, 0) is 18.2 Å². The van der Waals surface area contributed by atoms with E-state index in [0.717, 1.165) is 18.6 Å². The van der Waals surface area contributed by atoms with E-state index < -0.39 is 11.7 Å². The number of benzene rings is 1. The number of hydrogen-bond donors (Lipinski definition) is 0. The SMILES string of the molecule is FC(F)(F)c1cccc(N2CCC=N2)c1. The molecule has 0 atom stereocenters. The van der Waals surface area contributed by atoms with Crippen molar-refractivity contribution < 1.29 is 13.2 Å². The number of halogens is 3. The van der Waals surface area contributed by atoms with Crippen LogP contribution in [-0.2, 0) is 6.18 Å². The van der Waals surface area contributed by atoms with Crippen LogP contribution >= 0.6 is 0 Å². The smallest absolute Gasteiger partial charge is 0.265 e. The molecule has 1 aliphatic heterocycles. The van der Waals surface area contributed by atoms with Crippen LogP contribution in [0, 0.1) is 0 Å². The van der Waals surface area contributed by atoms with Crippen molar-refractivity contribution in [3.63, 3.8) is 0 Å². The summed E-state index contributed by atoms with van der Waals surface area (Å²) in [5.41, 5.74) is -0.152. The van der Waals surface area contributed by atoms with Crippen molar-refractivity contribution in [2.75, 3.05) is 11.6 Å². The molecule has 80 valence electrons. The van der Waals surface area contributed by atoms with Crippen LogP contribution in [-0.4, -0.2) is 12.8 Å². The van der Waals surface area contributed by atoms with Gasteiger partial charge in [0.15, 0.2) is 0 Å². The first-order valence-corrected chi connectivity index (χ1v) is 4.54. The zero-order chi connectivity index (χ0) is 10.9. The molecule has 2 nitrogen and oxygen atoms in total. The van der Waals surface area contributed by atoms with Gasteiger partial charge < -0.3 is 0 Å². The number of nitrogens with zero attached hydrogens (tertiary/aromatic N) is 2. The zero-order valence-corrected chi connectivity index (χ0v) is 7.83. The molecular formula is C10H9F3N2. The third-order valence-electron chi connectivity index (χ3n) is 2.16. The van der Waals surface area contributed by atoms with Gasteiger partial charge in [0.25, 0.3) is 0 Å². The molecule has 0 unspecified atom stereocenters. The van der Waals surface area contributed by atoms with Crippen molar-refractivity contribution in [3.05, 3.63) is 29.8 Å². The Morgan fingerprint density at radius 3 is 2.67 bits per heavy atom. The molecule has 0 aromatic heterocycles. The molecule has 0 N–H and O–H groups in total. The minimum absolute atomic E-state index is 0.485. The summed E-state index contributed by atoms with van der Waals surface area (Å²) in [6, 6.07) is 5.19. The summed E-state index contributed by atoms with van der Waals surface area (Å²) >= 11 is 0. The van der Waals surface area contributed by atoms with Crippen molar-refractivity contribution in [2.45, 2.75) is 12.6 Å². The summed E-state index contributed by atoms with van der Waals surface area (Å²) in [4.78, 5) is 0. The Hall–Kier alpha value is -1.52. The Bertz CT molecular complexity index is 384. The Labute approximate surface area is 85.0 Å². The minimum atomic E-state index is -4.29. The molecule has 1 aromatic carbocycles. The fourth-order valence-corrected chi connectivity index (χ4v) is 1.43. The van der Waals surface area contributed by atoms with E-state index in [1.165, 1.54) is 6.07 Å². The van der Waals surface area contributed by atoms with Crippen LogP contribution in [0.1, 0.15) is 12.0 Å². The van der Waals surface area contributed by atoms with Crippen molar-refractivity contribution in [3.8, 4) is 0 Å². The van der Waals surface area contributed by atoms with E-state index in [0.29, 0.717) is 12.2 Å². The normalized spacial score (nSPS) is 16.1. The molecule has 1 aromatic rings. The van der Waals surface area contributed by atoms with Crippen LogP contribution < -0.4 is 5.01 Å². The molecule has 0 aliphatic carbocycles. The maximum atomic E-state index is 12.4. The van der Waals surface area contributed by atoms with Gasteiger partial charge in [-0.1, -0.05) is 6.07 Å². The lowest BCUT2D eigenvalue weighted by Crippen LogP contribution is -2.13. The van der Waals surface area contributed by atoms with Crippen LogP contribution in [0.5, 0.6) is 0 Å². The molecule has 0 fully saturated rings. The highest BCUT2D eigenvalue weighted by Crippen LogP contribution is 2.31. The first kappa shape index (κ1) is 10.0. The second kappa shape index (κ2) is 3.56. The molecule has 0 bridgehead atoms. The van der Waals surface area contributed by atoms with Gasteiger partial charge in [-0.15, -0.1) is 0 Å². The zero-order valence-electron chi connectivity index (χ0n) is 7.83. The van der Waals surface area contributed by atoms with Gasteiger partial charge in [-0.2, -0.15) is 18.3 Å². The molecule has 2 rings (SSSR count). The number of hydrazone groups is 1. The van der Waals surface area contributed by atoms with Gasteiger partial charge in [0.05, 0.1) is 11.3 Å². The van der Waals surface area contributed by atoms with Crippen LogP contribution in [0.15, 0.2) is 29.4 Å². The Morgan fingerprint density at radius 1 is 1.27 bits per heavy atom. The first-order chi connectivity index (χ1) is 7.07. The molecule has 0 saturated heterocycles. The van der Waals surface area contributed by atoms with Crippen LogP contribution in [0.2, 0.25) is 0 Å². The maximum Gasteiger partial charge on any atom is 0.416 e. The highest BCUT2D eigenvalue weighted by molar-refractivity contribution is 5.65. The summed E-state index contributed by atoms with van der Waals surface area (Å²) in [6.45, 7) is 0.640. The first-order valence-electron chi connectivity index (χ1n) is 4.54. The van der Waals surface area contributed by atoms with E-state index in [-0.39, 0.29) is 0 Å². The monoisotopic (exact) mass is 214 g/mol. The summed E-state index contributed by atoms with van der Waals surface area (Å²) < 4.78 is 37.2. The standard InChI is InChI=1S/C10H9F3N2/c11-10(12,13)8-3-1-4-9(7-8)15-6-2-5-14-15/h1,3-5,7H,2,6H2. The Balaban J connectivity index is 2.30. The molecule has 5 heteroatoms. The fraction of sp³-hybridized carbons (Fsp3) is 0.300. The van der Waals surface area contributed by atoms with E-state index >= 15 is 0 Å². The Morgan fingerprint density at radius 2 is 2.07 bits per heavy atom. The number of rotatable bonds is 1. The third-order valence-corrected chi connectivity index (χ3v) is 2.16. The topological polar surface area (TPSA) is 15.6 Å². The summed E-state index contributed by atoms with van der Waals surface area (Å²) in [6.07, 6.45) is -1.82. The molecule has 0 radical (unpaired) electrons. The number of anilines is 1. The lowest BCUT2D eigenvalue weighted by atomic mass is 10.2. The molecule has 0 amide bonds. The van der Waals surface area contributed by atoms with Gasteiger partial charge in [0, 0.05) is 19.2 Å². The van der Waals surface area contributed by atoms with E-state index in [4.69, 9.17) is 0 Å². The predicted octanol–water partition coefficient (Wildman–Crippen LogP) is 2.90. The van der Waals surface area contributed by atoms with Crippen molar-refractivity contribution in [2.24, 2.45) is 5.10 Å². The van der Waals surface area contributed by atoms with E-state index in [9.17, 15) is 13.2 Å². The Kier molecular flexibility index (Phi) is 2.38. The molecule has 0 saturated carbocycles. The molecule has 1 aliphatic rings. The van der Waals surface area contributed by atoms with Gasteiger partial charge in [0.1, 0.15) is 0 Å². The highest BCUT2D eigenvalue weighted by atomic mass is 19.4. The maximum absolute atomic E-state index is 12.4. The van der Waals surface area contributed by atoms with Gasteiger partial charge in [-0.3, -0.25) is 5.01 Å². The average Bonchev–Trinajstić information content (AvgIpc) is 2.69. The lowest BCUT2D eigenvalue weighted by molar-refractivity contribution is -0.137. The second-order valence-electron chi connectivity index (χ2n) is 3.26. The molecule has 15 heavy (non-hydrogen) atoms. The fourth-order valence-electron chi connectivity index (χ4n) is 1.43. The predicted molar refractivity (Wildman–Crippen MR) is 51.9 cm³/mol. The van der Waals surface area contributed by atoms with Gasteiger partial charge in [0.2, 0.25) is 0 Å². The largest absolute Gasteiger partial charge is 0.416 e. The summed E-state index contributed by atoms with van der Waals surface area (Å²) in [5, 5.41) is 5.53. The molecular weight excluding hydrogens is 205 g/mol. The van der Waals surface area contributed by atoms with Crippen LogP contribution in [0.3, 0.4) is 0 Å². The summed E-state index contributed by atoms with van der Waals surface area (Å²) in [7, 11) is 0. The quantitative estimate of drug-likeness (QED) is 0.701. The van der Waals surface area contributed by atoms with Gasteiger partial charge in [-0.25, -0.2) is 0 Å². The van der Waals surface area contributed by atoms with Crippen molar-refractivity contribution in [1.29, 1.82) is 0 Å². The average molecular weight is 214 g/mol. The number of hydrogen-bond acceptors (Lipinski definition) is 2. The lowest BCUT2D eigenvalue weighted by Gasteiger charge is -2.15. The van der Waals surface area contributed by atoms with E-state index in [1.54, 1.807) is 17.3 Å². The third kappa shape index (κ3) is 2.11. The van der Waals surface area contributed by atoms with E-state index in [2.05, 4.69) is 5.10 Å². The van der Waals surface area contributed by atoms with E-state index in [1.807, 2.05) is 0 Å². The van der Waals surface area contributed by atoms with Crippen molar-refractivity contribution in [1.82, 2.24) is 0 Å². The van der Waals surface area contributed by atoms with Crippen LogP contribution in [0.25, 0.3) is 0 Å². The van der Waals surface area contributed by atoms with Crippen molar-refractivity contribution >= 4 is 11.9 Å². The molecule has 1 heterocycles. The molecule has 0 spiro atoms. The second-order valence-corrected chi connectivity index (χ2v) is 3.26.